The lowest BCUT2D eigenvalue weighted by molar-refractivity contribution is -0.190. The highest BCUT2D eigenvalue weighted by Gasteiger charge is 2.28. The maximum absolute atomic E-state index is 6.14. The van der Waals surface area contributed by atoms with Gasteiger partial charge in [0.2, 0.25) is 0 Å². The number of rotatable bonds is 6. The molecule has 3 atom stereocenters. The first-order chi connectivity index (χ1) is 16.8. The fraction of sp³-hybridized carbons (Fsp3) is 0.267. The third kappa shape index (κ3) is 5.24. The zero-order valence-corrected chi connectivity index (χ0v) is 19.4. The van der Waals surface area contributed by atoms with Gasteiger partial charge in [-0.25, -0.2) is 0 Å². The smallest absolute Gasteiger partial charge is 0.159 e. The summed E-state index contributed by atoms with van der Waals surface area (Å²) >= 11 is 0. The molecule has 34 heavy (non-hydrogen) atoms. The van der Waals surface area contributed by atoms with Crippen LogP contribution < -0.4 is 5.32 Å². The molecule has 0 amide bonds. The second-order valence-corrected chi connectivity index (χ2v) is 8.60. The van der Waals surface area contributed by atoms with E-state index in [2.05, 4.69) is 48.3 Å². The quantitative estimate of drug-likeness (QED) is 0.357. The average Bonchev–Trinajstić information content (AvgIpc) is 3.26. The molecule has 1 aromatic heterocycles. The van der Waals surface area contributed by atoms with Crippen LogP contribution in [0.15, 0.2) is 89.3 Å². The lowest BCUT2D eigenvalue weighted by atomic mass is 10.0. The van der Waals surface area contributed by atoms with Crippen LogP contribution in [0.4, 0.5) is 0 Å². The van der Waals surface area contributed by atoms with Crippen molar-refractivity contribution >= 4 is 11.0 Å². The summed E-state index contributed by atoms with van der Waals surface area (Å²) in [6, 6.07) is 28.9. The summed E-state index contributed by atoms with van der Waals surface area (Å²) in [5, 5.41) is 4.63. The molecule has 2 heterocycles. The third-order valence-electron chi connectivity index (χ3n) is 6.24. The van der Waals surface area contributed by atoms with Gasteiger partial charge in [-0.2, -0.15) is 0 Å². The molecule has 4 aromatic rings. The van der Waals surface area contributed by atoms with Gasteiger partial charge >= 0.3 is 0 Å². The van der Waals surface area contributed by atoms with E-state index in [4.69, 9.17) is 13.9 Å². The Hall–Kier alpha value is -3.36. The Morgan fingerprint density at radius 1 is 0.912 bits per heavy atom. The van der Waals surface area contributed by atoms with Crippen LogP contribution in [0, 0.1) is 11.8 Å². The molecule has 0 spiro atoms. The Labute approximate surface area is 200 Å². The van der Waals surface area contributed by atoms with Crippen LogP contribution in [-0.4, -0.2) is 25.0 Å². The highest BCUT2D eigenvalue weighted by molar-refractivity contribution is 5.91. The minimum absolute atomic E-state index is 0.0814. The number of benzene rings is 3. The molecule has 0 saturated carbocycles. The van der Waals surface area contributed by atoms with Crippen LogP contribution in [0.25, 0.3) is 22.3 Å². The maximum atomic E-state index is 6.14. The fourth-order valence-electron chi connectivity index (χ4n) is 4.41. The summed E-state index contributed by atoms with van der Waals surface area (Å²) in [5.74, 6) is 7.27. The predicted molar refractivity (Wildman–Crippen MR) is 135 cm³/mol. The summed E-state index contributed by atoms with van der Waals surface area (Å²) in [7, 11) is 0. The van der Waals surface area contributed by atoms with Crippen molar-refractivity contribution in [2.75, 3.05) is 6.61 Å². The number of para-hydroxylation sites is 1. The van der Waals surface area contributed by atoms with Gasteiger partial charge in [-0.05, 0) is 31.0 Å². The van der Waals surface area contributed by atoms with E-state index in [9.17, 15) is 0 Å². The molecule has 4 heteroatoms. The van der Waals surface area contributed by atoms with Gasteiger partial charge in [0.25, 0.3) is 0 Å². The number of ether oxygens (including phenoxy) is 2. The molecule has 1 saturated heterocycles. The van der Waals surface area contributed by atoms with Gasteiger partial charge in [0.15, 0.2) is 12.1 Å². The number of nitrogens with one attached hydrogen (secondary N) is 1. The largest absolute Gasteiger partial charge is 0.455 e. The van der Waals surface area contributed by atoms with Crippen molar-refractivity contribution in [2.45, 2.75) is 44.7 Å². The van der Waals surface area contributed by atoms with E-state index in [0.29, 0.717) is 12.6 Å². The van der Waals surface area contributed by atoms with E-state index in [0.717, 1.165) is 47.2 Å². The zero-order valence-electron chi connectivity index (χ0n) is 19.4. The topological polar surface area (TPSA) is 43.6 Å². The van der Waals surface area contributed by atoms with E-state index in [1.165, 1.54) is 5.56 Å². The molecule has 1 N–H and O–H groups in total. The van der Waals surface area contributed by atoms with E-state index >= 15 is 0 Å². The van der Waals surface area contributed by atoms with Crippen LogP contribution in [-0.2, 0) is 16.0 Å². The second-order valence-electron chi connectivity index (χ2n) is 8.60. The molecule has 172 valence electrons. The maximum Gasteiger partial charge on any atom is 0.159 e. The number of hydrogen-bond acceptors (Lipinski definition) is 4. The van der Waals surface area contributed by atoms with Gasteiger partial charge < -0.3 is 19.2 Å². The van der Waals surface area contributed by atoms with E-state index in [1.807, 2.05) is 60.7 Å². The molecule has 0 bridgehead atoms. The van der Waals surface area contributed by atoms with Crippen molar-refractivity contribution in [1.29, 1.82) is 0 Å². The van der Waals surface area contributed by atoms with Crippen LogP contribution in [0.2, 0.25) is 0 Å². The summed E-state index contributed by atoms with van der Waals surface area (Å²) in [6.07, 6.45) is 1.71. The Bertz CT molecular complexity index is 1270. The molecule has 1 aliphatic rings. The van der Waals surface area contributed by atoms with Gasteiger partial charge in [0.1, 0.15) is 12.2 Å². The first-order valence-corrected chi connectivity index (χ1v) is 11.9. The Balaban J connectivity index is 1.19. The standard InChI is InChI=1S/C30H29NO3/c1-22-27(31-21-23-11-4-2-5-12-23)18-19-29(33-22)32-20-10-16-26-25-15-8-9-17-28(25)34-30(26)24-13-6-3-7-14-24/h2-9,11-15,17,22,27,29,31H,18-21H2,1H3/t22-,27-,29+/m0/s1. The minimum atomic E-state index is -0.228. The lowest BCUT2D eigenvalue weighted by Gasteiger charge is -2.34. The SMILES string of the molecule is C[C@@H]1O[C@@H](OCC#Cc2c(-c3ccccc3)oc3ccccc23)CC[C@@H]1NCc1ccccc1. The number of fused-ring (bicyclic) bond motifs is 1. The van der Waals surface area contributed by atoms with Gasteiger partial charge in [-0.1, -0.05) is 84.6 Å². The van der Waals surface area contributed by atoms with Crippen LogP contribution >= 0.6 is 0 Å². The van der Waals surface area contributed by atoms with Crippen LogP contribution in [0.3, 0.4) is 0 Å². The molecule has 0 aliphatic carbocycles. The van der Waals surface area contributed by atoms with E-state index in [1.54, 1.807) is 0 Å². The van der Waals surface area contributed by atoms with E-state index < -0.39 is 0 Å². The second kappa shape index (κ2) is 10.7. The summed E-state index contributed by atoms with van der Waals surface area (Å²) in [4.78, 5) is 0. The Morgan fingerprint density at radius 3 is 2.44 bits per heavy atom. The Morgan fingerprint density at radius 2 is 1.65 bits per heavy atom. The van der Waals surface area contributed by atoms with Gasteiger partial charge in [-0.15, -0.1) is 0 Å². The molecular weight excluding hydrogens is 422 g/mol. The molecule has 0 unspecified atom stereocenters. The zero-order chi connectivity index (χ0) is 23.2. The van der Waals surface area contributed by atoms with Crippen LogP contribution in [0.1, 0.15) is 30.9 Å². The molecule has 0 radical (unpaired) electrons. The van der Waals surface area contributed by atoms with Crippen LogP contribution in [0.5, 0.6) is 0 Å². The van der Waals surface area contributed by atoms with Crippen molar-refractivity contribution in [3.63, 3.8) is 0 Å². The van der Waals surface area contributed by atoms with Gasteiger partial charge in [-0.3, -0.25) is 0 Å². The van der Waals surface area contributed by atoms with Crippen molar-refractivity contribution in [3.8, 4) is 23.2 Å². The van der Waals surface area contributed by atoms with Gasteiger partial charge in [0, 0.05) is 30.0 Å². The first-order valence-electron chi connectivity index (χ1n) is 11.9. The average molecular weight is 452 g/mol. The fourth-order valence-corrected chi connectivity index (χ4v) is 4.41. The van der Waals surface area contributed by atoms with Gasteiger partial charge in [0.05, 0.1) is 11.7 Å². The summed E-state index contributed by atoms with van der Waals surface area (Å²) < 4.78 is 18.2. The van der Waals surface area contributed by atoms with E-state index in [-0.39, 0.29) is 12.4 Å². The molecule has 4 nitrogen and oxygen atoms in total. The molecule has 5 rings (SSSR count). The number of furan rings is 1. The van der Waals surface area contributed by atoms with Crippen molar-refractivity contribution in [3.05, 3.63) is 96.1 Å². The normalized spacial score (nSPS) is 20.1. The Kier molecular flexibility index (Phi) is 7.07. The monoisotopic (exact) mass is 451 g/mol. The molecule has 1 fully saturated rings. The van der Waals surface area contributed by atoms with Crippen molar-refractivity contribution in [2.24, 2.45) is 0 Å². The van der Waals surface area contributed by atoms with Crippen molar-refractivity contribution < 1.29 is 13.9 Å². The molecule has 1 aliphatic heterocycles. The molecule has 3 aromatic carbocycles. The first kappa shape index (κ1) is 22.4. The summed E-state index contributed by atoms with van der Waals surface area (Å²) in [6.45, 7) is 3.26. The third-order valence-corrected chi connectivity index (χ3v) is 6.24. The number of hydrogen-bond donors (Lipinski definition) is 1. The highest BCUT2D eigenvalue weighted by Crippen LogP contribution is 2.32. The van der Waals surface area contributed by atoms with Crippen molar-refractivity contribution in [1.82, 2.24) is 5.32 Å². The highest BCUT2D eigenvalue weighted by atomic mass is 16.7. The minimum Gasteiger partial charge on any atom is -0.455 e. The lowest BCUT2D eigenvalue weighted by Crippen LogP contribution is -2.46. The summed E-state index contributed by atoms with van der Waals surface area (Å²) in [5.41, 5.74) is 4.03. The molecular formula is C30H29NO3. The predicted octanol–water partition coefficient (Wildman–Crippen LogP) is 6.15.